The van der Waals surface area contributed by atoms with Crippen LogP contribution in [0.15, 0.2) is 24.3 Å². The summed E-state index contributed by atoms with van der Waals surface area (Å²) in [5.41, 5.74) is 1.97. The first-order valence-corrected chi connectivity index (χ1v) is 13.1. The van der Waals surface area contributed by atoms with Crippen LogP contribution < -0.4 is 0 Å². The smallest absolute Gasteiger partial charge is 0.155 e. The second kappa shape index (κ2) is 11.2. The van der Waals surface area contributed by atoms with Crippen LogP contribution in [0.4, 0.5) is 0 Å². The molecule has 1 saturated carbocycles. The van der Waals surface area contributed by atoms with Crippen LogP contribution in [0.2, 0.25) is 0 Å². The van der Waals surface area contributed by atoms with Gasteiger partial charge in [-0.3, -0.25) is 9.59 Å². The summed E-state index contributed by atoms with van der Waals surface area (Å²) in [6.07, 6.45) is 9.00. The van der Waals surface area contributed by atoms with Gasteiger partial charge in [0.2, 0.25) is 0 Å². The van der Waals surface area contributed by atoms with Gasteiger partial charge in [-0.05, 0) is 57.6 Å². The maximum atomic E-state index is 12.5. The van der Waals surface area contributed by atoms with Gasteiger partial charge in [-0.1, -0.05) is 49.9 Å². The quantitative estimate of drug-likeness (QED) is 0.445. The van der Waals surface area contributed by atoms with Crippen molar-refractivity contribution in [2.45, 2.75) is 96.1 Å². The van der Waals surface area contributed by atoms with Crippen molar-refractivity contribution in [3.05, 3.63) is 35.4 Å². The highest BCUT2D eigenvalue weighted by atomic mass is 32.2. The molecule has 1 aliphatic carbocycles. The molecule has 0 radical (unpaired) electrons. The second-order valence-electron chi connectivity index (χ2n) is 9.76. The van der Waals surface area contributed by atoms with Gasteiger partial charge in [0, 0.05) is 25.2 Å². The van der Waals surface area contributed by atoms with Gasteiger partial charge in [-0.15, -0.1) is 0 Å². The van der Waals surface area contributed by atoms with E-state index in [1.165, 1.54) is 6.42 Å². The standard InChI is InChI=1S/C25H38O4S/c1-25(2,3)30(28,29)16-9-5-8-15-23(26)18-20-11-10-12-21(17-20)19-24(27)22-13-6-4-7-14-22/h10-12,17,22H,4-9,13-16,18-19H2,1-3H3. The van der Waals surface area contributed by atoms with E-state index in [-0.39, 0.29) is 17.5 Å². The molecule has 0 bridgehead atoms. The number of ketones is 2. The minimum atomic E-state index is -3.08. The van der Waals surface area contributed by atoms with Gasteiger partial charge in [-0.25, -0.2) is 8.42 Å². The number of hydrogen-bond donors (Lipinski definition) is 0. The van der Waals surface area contributed by atoms with Crippen LogP contribution in [0.5, 0.6) is 0 Å². The summed E-state index contributed by atoms with van der Waals surface area (Å²) in [5.74, 6) is 0.904. The third-order valence-corrected chi connectivity index (χ3v) is 8.83. The molecule has 0 spiro atoms. The minimum Gasteiger partial charge on any atom is -0.299 e. The molecule has 168 valence electrons. The normalized spacial score (nSPS) is 15.8. The van der Waals surface area contributed by atoms with Crippen molar-refractivity contribution in [2.24, 2.45) is 5.92 Å². The Hall–Kier alpha value is -1.49. The van der Waals surface area contributed by atoms with Crippen LogP contribution in [0, 0.1) is 5.92 Å². The summed E-state index contributed by atoms with van der Waals surface area (Å²) in [4.78, 5) is 24.9. The number of carbonyl (C=O) groups is 2. The van der Waals surface area contributed by atoms with E-state index in [1.54, 1.807) is 20.8 Å². The Balaban J connectivity index is 1.73. The number of rotatable bonds is 11. The predicted octanol–water partition coefficient (Wildman–Crippen LogP) is 5.26. The first-order chi connectivity index (χ1) is 14.1. The number of hydrogen-bond acceptors (Lipinski definition) is 4. The molecule has 1 aromatic rings. The van der Waals surface area contributed by atoms with E-state index in [0.29, 0.717) is 31.5 Å². The Kier molecular flexibility index (Phi) is 9.27. The molecule has 5 heteroatoms. The molecular formula is C25H38O4S. The van der Waals surface area contributed by atoms with Crippen LogP contribution in [0.25, 0.3) is 0 Å². The van der Waals surface area contributed by atoms with E-state index >= 15 is 0 Å². The zero-order valence-electron chi connectivity index (χ0n) is 18.9. The average Bonchev–Trinajstić information content (AvgIpc) is 2.67. The molecule has 0 unspecified atom stereocenters. The molecule has 2 rings (SSSR count). The monoisotopic (exact) mass is 434 g/mol. The minimum absolute atomic E-state index is 0.171. The lowest BCUT2D eigenvalue weighted by molar-refractivity contribution is -0.123. The maximum Gasteiger partial charge on any atom is 0.155 e. The second-order valence-corrected chi connectivity index (χ2v) is 12.6. The van der Waals surface area contributed by atoms with Crippen molar-refractivity contribution in [1.82, 2.24) is 0 Å². The number of unbranched alkanes of at least 4 members (excludes halogenated alkanes) is 2. The van der Waals surface area contributed by atoms with E-state index in [2.05, 4.69) is 0 Å². The molecule has 1 aliphatic rings. The largest absolute Gasteiger partial charge is 0.299 e. The first kappa shape index (κ1) is 24.8. The van der Waals surface area contributed by atoms with Crippen molar-refractivity contribution in [1.29, 1.82) is 0 Å². The lowest BCUT2D eigenvalue weighted by atomic mass is 9.84. The molecule has 0 saturated heterocycles. The van der Waals surface area contributed by atoms with E-state index in [9.17, 15) is 18.0 Å². The number of Topliss-reactive ketones (excluding diaryl/α,β-unsaturated/α-hetero) is 2. The predicted molar refractivity (Wildman–Crippen MR) is 122 cm³/mol. The van der Waals surface area contributed by atoms with E-state index in [1.807, 2.05) is 24.3 Å². The molecule has 0 heterocycles. The highest BCUT2D eigenvalue weighted by Gasteiger charge is 2.28. The van der Waals surface area contributed by atoms with Crippen molar-refractivity contribution in [3.8, 4) is 0 Å². The number of benzene rings is 1. The first-order valence-electron chi connectivity index (χ1n) is 11.4. The lowest BCUT2D eigenvalue weighted by Gasteiger charge is -2.20. The highest BCUT2D eigenvalue weighted by molar-refractivity contribution is 7.92. The zero-order chi connectivity index (χ0) is 22.2. The van der Waals surface area contributed by atoms with Crippen LogP contribution in [-0.2, 0) is 32.3 Å². The number of carbonyl (C=O) groups excluding carboxylic acids is 2. The Morgan fingerprint density at radius 2 is 1.57 bits per heavy atom. The summed E-state index contributed by atoms with van der Waals surface area (Å²) in [6, 6.07) is 7.85. The van der Waals surface area contributed by atoms with Gasteiger partial charge in [0.25, 0.3) is 0 Å². The van der Waals surface area contributed by atoms with Crippen LogP contribution in [-0.4, -0.2) is 30.5 Å². The summed E-state index contributed by atoms with van der Waals surface area (Å²) in [6.45, 7) is 5.17. The lowest BCUT2D eigenvalue weighted by Crippen LogP contribution is -2.30. The SMILES string of the molecule is CC(C)(C)S(=O)(=O)CCCCCC(=O)Cc1cccc(CC(=O)C2CCCCC2)c1. The molecule has 0 N–H and O–H groups in total. The van der Waals surface area contributed by atoms with Gasteiger partial charge in [0.15, 0.2) is 9.84 Å². The molecule has 1 fully saturated rings. The van der Waals surface area contributed by atoms with E-state index in [4.69, 9.17) is 0 Å². The molecule has 0 atom stereocenters. The fourth-order valence-corrected chi connectivity index (χ4v) is 5.23. The topological polar surface area (TPSA) is 68.3 Å². The fourth-order valence-electron chi connectivity index (χ4n) is 4.03. The Morgan fingerprint density at radius 3 is 2.20 bits per heavy atom. The van der Waals surface area contributed by atoms with Crippen LogP contribution >= 0.6 is 0 Å². The summed E-state index contributed by atoms with van der Waals surface area (Å²) in [5, 5.41) is 0. The fraction of sp³-hybridized carbons (Fsp3) is 0.680. The molecular weight excluding hydrogens is 396 g/mol. The summed E-state index contributed by atoms with van der Waals surface area (Å²) in [7, 11) is -3.08. The van der Waals surface area contributed by atoms with Crippen LogP contribution in [0.1, 0.15) is 89.7 Å². The van der Waals surface area contributed by atoms with Gasteiger partial charge in [0.1, 0.15) is 11.6 Å². The van der Waals surface area contributed by atoms with Gasteiger partial charge in [0.05, 0.1) is 10.5 Å². The maximum absolute atomic E-state index is 12.5. The van der Waals surface area contributed by atoms with Crippen molar-refractivity contribution >= 4 is 21.4 Å². The Labute approximate surface area is 182 Å². The average molecular weight is 435 g/mol. The molecule has 1 aromatic carbocycles. The van der Waals surface area contributed by atoms with E-state index in [0.717, 1.165) is 49.7 Å². The summed E-state index contributed by atoms with van der Waals surface area (Å²) >= 11 is 0. The molecule has 0 aliphatic heterocycles. The van der Waals surface area contributed by atoms with Gasteiger partial charge < -0.3 is 0 Å². The number of sulfone groups is 1. The highest BCUT2D eigenvalue weighted by Crippen LogP contribution is 2.25. The molecule has 0 aromatic heterocycles. The zero-order valence-corrected chi connectivity index (χ0v) is 19.7. The van der Waals surface area contributed by atoms with E-state index < -0.39 is 14.6 Å². The van der Waals surface area contributed by atoms with Gasteiger partial charge >= 0.3 is 0 Å². The summed E-state index contributed by atoms with van der Waals surface area (Å²) < 4.78 is 23.5. The van der Waals surface area contributed by atoms with Crippen LogP contribution in [0.3, 0.4) is 0 Å². The van der Waals surface area contributed by atoms with Crippen molar-refractivity contribution in [3.63, 3.8) is 0 Å². The van der Waals surface area contributed by atoms with Crippen molar-refractivity contribution in [2.75, 3.05) is 5.75 Å². The molecule has 4 nitrogen and oxygen atoms in total. The van der Waals surface area contributed by atoms with Crippen molar-refractivity contribution < 1.29 is 18.0 Å². The van der Waals surface area contributed by atoms with Gasteiger partial charge in [-0.2, -0.15) is 0 Å². The Bertz CT molecular complexity index is 812. The molecule has 0 amide bonds. The Morgan fingerprint density at radius 1 is 0.933 bits per heavy atom. The third kappa shape index (κ3) is 7.98. The third-order valence-electron chi connectivity index (χ3n) is 6.13. The molecule has 30 heavy (non-hydrogen) atoms.